The van der Waals surface area contributed by atoms with Crippen molar-refractivity contribution in [2.45, 2.75) is 62.7 Å². The number of para-hydroxylation sites is 1. The Hall–Kier alpha value is -1.89. The van der Waals surface area contributed by atoms with Crippen LogP contribution in [0.3, 0.4) is 0 Å². The molecule has 1 aromatic heterocycles. The van der Waals surface area contributed by atoms with Crippen LogP contribution in [-0.2, 0) is 11.3 Å². The van der Waals surface area contributed by atoms with E-state index < -0.39 is 0 Å². The topological polar surface area (TPSA) is 76.0 Å². The summed E-state index contributed by atoms with van der Waals surface area (Å²) in [4.78, 5) is 30.1. The Morgan fingerprint density at radius 2 is 1.97 bits per heavy atom. The number of aromatic nitrogens is 2. The minimum absolute atomic E-state index is 0.0203. The first-order valence-electron chi connectivity index (χ1n) is 10.6. The van der Waals surface area contributed by atoms with E-state index in [4.69, 9.17) is 0 Å². The largest absolute Gasteiger partial charge is 0.277 e. The van der Waals surface area contributed by atoms with Gasteiger partial charge in [-0.2, -0.15) is 0 Å². The average Bonchev–Trinajstić information content (AvgIpc) is 2.64. The highest BCUT2D eigenvalue weighted by atomic mass is 79.9. The summed E-state index contributed by atoms with van der Waals surface area (Å²) in [7, 11) is 0. The van der Waals surface area contributed by atoms with Gasteiger partial charge >= 0.3 is 0 Å². The summed E-state index contributed by atoms with van der Waals surface area (Å²) in [5, 5.41) is 0.586. The van der Waals surface area contributed by atoms with Gasteiger partial charge in [0, 0.05) is 17.3 Å². The van der Waals surface area contributed by atoms with Crippen molar-refractivity contribution >= 4 is 38.7 Å². The van der Waals surface area contributed by atoms with Gasteiger partial charge in [-0.15, -0.1) is 0 Å². The molecule has 1 heterocycles. The summed E-state index contributed by atoms with van der Waals surface area (Å²) in [6, 6.07) is 7.29. The zero-order chi connectivity index (χ0) is 20.2. The Labute approximate surface area is 178 Å². The number of hydrazine groups is 1. The molecule has 4 bridgehead atoms. The van der Waals surface area contributed by atoms with E-state index in [2.05, 4.69) is 31.8 Å². The van der Waals surface area contributed by atoms with Gasteiger partial charge in [-0.25, -0.2) is 4.98 Å². The molecule has 29 heavy (non-hydrogen) atoms. The van der Waals surface area contributed by atoms with Crippen LogP contribution in [0, 0.1) is 17.3 Å². The number of benzene rings is 1. The van der Waals surface area contributed by atoms with Crippen LogP contribution >= 0.6 is 15.9 Å². The van der Waals surface area contributed by atoms with Crippen molar-refractivity contribution in [3.05, 3.63) is 34.6 Å². The first-order valence-corrected chi connectivity index (χ1v) is 11.4. The number of alkyl halides is 1. The molecule has 2 aromatic rings. The number of nitrogens with one attached hydrogen (secondary N) is 2. The van der Waals surface area contributed by atoms with E-state index in [0.29, 0.717) is 29.8 Å². The van der Waals surface area contributed by atoms with Crippen molar-refractivity contribution in [1.29, 1.82) is 0 Å². The van der Waals surface area contributed by atoms with E-state index in [1.54, 1.807) is 10.6 Å². The lowest BCUT2D eigenvalue weighted by atomic mass is 9.48. The molecular formula is C22H27BrN4O2. The van der Waals surface area contributed by atoms with E-state index in [-0.39, 0.29) is 21.2 Å². The number of carbonyl (C=O) groups excluding carboxylic acids is 1. The van der Waals surface area contributed by atoms with Gasteiger partial charge in [-0.05, 0) is 74.8 Å². The average molecular weight is 459 g/mol. The summed E-state index contributed by atoms with van der Waals surface area (Å²) in [5.74, 6) is 1.87. The molecule has 7 heteroatoms. The SMILES string of the molecule is CCn1c(NNC(=O)CC23CC4CC(CC(Br)(C4)C2)C3)nc2ccccc2c1=O. The number of halogens is 1. The first kappa shape index (κ1) is 19.1. The number of fused-ring (bicyclic) bond motifs is 1. The molecular weight excluding hydrogens is 432 g/mol. The Balaban J connectivity index is 1.32. The Morgan fingerprint density at radius 1 is 1.24 bits per heavy atom. The van der Waals surface area contributed by atoms with Crippen molar-refractivity contribution in [1.82, 2.24) is 15.0 Å². The van der Waals surface area contributed by atoms with Crippen LogP contribution in [0.4, 0.5) is 5.95 Å². The lowest BCUT2D eigenvalue weighted by Crippen LogP contribution is -2.54. The van der Waals surface area contributed by atoms with Crippen LogP contribution in [-0.4, -0.2) is 19.8 Å². The number of anilines is 1. The van der Waals surface area contributed by atoms with E-state index in [1.807, 2.05) is 25.1 Å². The van der Waals surface area contributed by atoms with Gasteiger partial charge in [0.2, 0.25) is 11.9 Å². The Morgan fingerprint density at radius 3 is 2.66 bits per heavy atom. The minimum Gasteiger partial charge on any atom is -0.277 e. The number of amides is 1. The van der Waals surface area contributed by atoms with E-state index in [1.165, 1.54) is 19.3 Å². The summed E-state index contributed by atoms with van der Waals surface area (Å²) < 4.78 is 1.80. The number of rotatable bonds is 5. The standard InChI is InChI=1S/C22H27BrN4O2/c1-2-27-19(29)16-5-3-4-6-17(16)24-20(27)26-25-18(28)12-21-8-14-7-15(9-21)11-22(23,10-14)13-21/h3-6,14-15H,2,7-13H2,1H3,(H,24,26)(H,25,28). The van der Waals surface area contributed by atoms with Crippen LogP contribution in [0.1, 0.15) is 51.9 Å². The second-order valence-corrected chi connectivity index (χ2v) is 11.1. The van der Waals surface area contributed by atoms with E-state index in [0.717, 1.165) is 31.1 Å². The van der Waals surface area contributed by atoms with Gasteiger partial charge in [0.25, 0.3) is 5.56 Å². The zero-order valence-electron chi connectivity index (χ0n) is 16.7. The molecule has 0 aliphatic heterocycles. The van der Waals surface area contributed by atoms with Crippen molar-refractivity contribution in [3.63, 3.8) is 0 Å². The molecule has 0 radical (unpaired) electrons. The van der Waals surface area contributed by atoms with Crippen molar-refractivity contribution < 1.29 is 4.79 Å². The summed E-state index contributed by atoms with van der Waals surface area (Å²) >= 11 is 4.01. The second kappa shape index (κ2) is 6.83. The fraction of sp³-hybridized carbons (Fsp3) is 0.591. The van der Waals surface area contributed by atoms with Gasteiger partial charge in [0.05, 0.1) is 10.9 Å². The molecule has 2 unspecified atom stereocenters. The number of hydrogen-bond donors (Lipinski definition) is 2. The second-order valence-electron chi connectivity index (χ2n) is 9.46. The van der Waals surface area contributed by atoms with Crippen molar-refractivity contribution in [2.24, 2.45) is 17.3 Å². The highest BCUT2D eigenvalue weighted by Crippen LogP contribution is 2.65. The van der Waals surface area contributed by atoms with E-state index >= 15 is 0 Å². The molecule has 0 spiro atoms. The molecule has 6 rings (SSSR count). The highest BCUT2D eigenvalue weighted by Gasteiger charge is 2.57. The number of nitrogens with zero attached hydrogens (tertiary/aromatic N) is 2. The first-order chi connectivity index (χ1) is 13.9. The number of carbonyl (C=O) groups is 1. The monoisotopic (exact) mass is 458 g/mol. The van der Waals surface area contributed by atoms with Crippen molar-refractivity contribution in [3.8, 4) is 0 Å². The maximum absolute atomic E-state index is 12.8. The van der Waals surface area contributed by atoms with Crippen LogP contribution < -0.4 is 16.4 Å². The fourth-order valence-corrected chi connectivity index (χ4v) is 8.12. The molecule has 154 valence electrons. The van der Waals surface area contributed by atoms with Crippen molar-refractivity contribution in [2.75, 3.05) is 5.43 Å². The van der Waals surface area contributed by atoms with Gasteiger partial charge < -0.3 is 0 Å². The van der Waals surface area contributed by atoms with Crippen LogP contribution in [0.5, 0.6) is 0 Å². The molecule has 4 aliphatic carbocycles. The van der Waals surface area contributed by atoms with Crippen LogP contribution in [0.25, 0.3) is 10.9 Å². The maximum atomic E-state index is 12.8. The highest BCUT2D eigenvalue weighted by molar-refractivity contribution is 9.10. The lowest BCUT2D eigenvalue weighted by Gasteiger charge is -2.60. The van der Waals surface area contributed by atoms with Crippen LogP contribution in [0.2, 0.25) is 0 Å². The molecule has 6 nitrogen and oxygen atoms in total. The third-order valence-electron chi connectivity index (χ3n) is 7.14. The maximum Gasteiger partial charge on any atom is 0.262 e. The Kier molecular flexibility index (Phi) is 4.49. The van der Waals surface area contributed by atoms with Gasteiger partial charge in [-0.1, -0.05) is 28.1 Å². The Bertz CT molecular complexity index is 1020. The summed E-state index contributed by atoms with van der Waals surface area (Å²) in [6.45, 7) is 2.38. The third-order valence-corrected chi connectivity index (χ3v) is 8.07. The molecule has 0 saturated heterocycles. The van der Waals surface area contributed by atoms with Crippen LogP contribution in [0.15, 0.2) is 29.1 Å². The predicted octanol–water partition coefficient (Wildman–Crippen LogP) is 3.98. The molecule has 4 fully saturated rings. The summed E-state index contributed by atoms with van der Waals surface area (Å²) in [5.41, 5.74) is 6.39. The summed E-state index contributed by atoms with van der Waals surface area (Å²) in [6.07, 6.45) is 7.80. The lowest BCUT2D eigenvalue weighted by molar-refractivity contribution is -0.127. The van der Waals surface area contributed by atoms with Gasteiger partial charge in [-0.3, -0.25) is 25.0 Å². The fourth-order valence-electron chi connectivity index (χ4n) is 6.61. The van der Waals surface area contributed by atoms with Gasteiger partial charge in [0.15, 0.2) is 0 Å². The van der Waals surface area contributed by atoms with Gasteiger partial charge in [0.1, 0.15) is 0 Å². The normalized spacial score (nSPS) is 32.5. The third kappa shape index (κ3) is 3.37. The minimum atomic E-state index is -0.0998. The molecule has 2 atom stereocenters. The molecule has 4 aliphatic rings. The molecule has 1 aromatic carbocycles. The van der Waals surface area contributed by atoms with E-state index in [9.17, 15) is 9.59 Å². The smallest absolute Gasteiger partial charge is 0.262 e. The zero-order valence-corrected chi connectivity index (χ0v) is 18.3. The molecule has 4 saturated carbocycles. The quantitative estimate of drug-likeness (QED) is 0.524. The number of hydrogen-bond acceptors (Lipinski definition) is 4. The molecule has 2 N–H and O–H groups in total. The predicted molar refractivity (Wildman–Crippen MR) is 117 cm³/mol. The molecule has 1 amide bonds.